The molecule has 1 heterocycles. The van der Waals surface area contributed by atoms with E-state index in [0.717, 1.165) is 5.69 Å². The first-order chi connectivity index (χ1) is 8.58. The Balaban J connectivity index is 2.31. The Labute approximate surface area is 120 Å². The molecule has 1 aromatic carbocycles. The summed E-state index contributed by atoms with van der Waals surface area (Å²) in [6, 6.07) is 8.90. The Hall–Kier alpha value is -1.36. The van der Waals surface area contributed by atoms with Crippen molar-refractivity contribution in [2.75, 3.05) is 5.32 Å². The minimum Gasteiger partial charge on any atom is -0.388 e. The van der Waals surface area contributed by atoms with Crippen molar-refractivity contribution in [3.63, 3.8) is 0 Å². The van der Waals surface area contributed by atoms with Crippen molar-refractivity contribution in [3.05, 3.63) is 52.3 Å². The molecule has 0 aliphatic heterocycles. The predicted octanol–water partition coefficient (Wildman–Crippen LogP) is 3.77. The van der Waals surface area contributed by atoms with Gasteiger partial charge in [0.25, 0.3) is 0 Å². The van der Waals surface area contributed by atoms with E-state index in [4.69, 9.17) is 41.2 Å². The van der Waals surface area contributed by atoms with E-state index in [1.807, 2.05) is 12.1 Å². The molecule has 0 atom stereocenters. The zero-order chi connectivity index (χ0) is 13.1. The molecule has 0 amide bonds. The minimum absolute atomic E-state index is 0.246. The summed E-state index contributed by atoms with van der Waals surface area (Å²) >= 11 is 16.9. The molecule has 0 aliphatic carbocycles. The van der Waals surface area contributed by atoms with Gasteiger partial charge in [0.15, 0.2) is 0 Å². The summed E-state index contributed by atoms with van der Waals surface area (Å²) in [5.74, 6) is 0. The first kappa shape index (κ1) is 13.1. The Morgan fingerprint density at radius 1 is 1.28 bits per heavy atom. The van der Waals surface area contributed by atoms with E-state index in [9.17, 15) is 0 Å². The van der Waals surface area contributed by atoms with Crippen molar-refractivity contribution in [3.8, 4) is 0 Å². The number of nitrogens with one attached hydrogen (secondary N) is 1. The molecular formula is C12H9Cl2N3S. The lowest BCUT2D eigenvalue weighted by atomic mass is 10.2. The highest BCUT2D eigenvalue weighted by atomic mass is 35.5. The fraction of sp³-hybridized carbons (Fsp3) is 0. The summed E-state index contributed by atoms with van der Waals surface area (Å²) in [5, 5.41) is 4.09. The van der Waals surface area contributed by atoms with Crippen LogP contribution in [0.3, 0.4) is 0 Å². The van der Waals surface area contributed by atoms with E-state index < -0.39 is 0 Å². The van der Waals surface area contributed by atoms with Crippen LogP contribution in [0.25, 0.3) is 0 Å². The molecule has 0 radical (unpaired) electrons. The number of hydrogen-bond acceptors (Lipinski definition) is 3. The van der Waals surface area contributed by atoms with E-state index in [2.05, 4.69) is 10.3 Å². The molecule has 2 aromatic rings. The number of anilines is 2. The van der Waals surface area contributed by atoms with E-state index in [1.165, 1.54) is 0 Å². The van der Waals surface area contributed by atoms with Gasteiger partial charge in [-0.05, 0) is 24.3 Å². The van der Waals surface area contributed by atoms with Crippen LogP contribution >= 0.6 is 35.4 Å². The summed E-state index contributed by atoms with van der Waals surface area (Å²) < 4.78 is 0. The second-order valence-corrected chi connectivity index (χ2v) is 4.75. The van der Waals surface area contributed by atoms with E-state index in [1.54, 1.807) is 24.4 Å². The van der Waals surface area contributed by atoms with Gasteiger partial charge in [-0.2, -0.15) is 0 Å². The standard InChI is InChI=1S/C12H9Cl2N3S/c13-8-2-1-3-9(11(8)14)17-7-4-5-16-10(6-7)12(15)18/h1-6H,(H2,15,18)(H,16,17). The number of thiocarbonyl (C=S) groups is 1. The lowest BCUT2D eigenvalue weighted by Crippen LogP contribution is -2.11. The molecule has 18 heavy (non-hydrogen) atoms. The third-order valence-corrected chi connectivity index (χ3v) is 3.27. The minimum atomic E-state index is 0.246. The van der Waals surface area contributed by atoms with Crippen molar-refractivity contribution in [1.29, 1.82) is 0 Å². The Morgan fingerprint density at radius 3 is 2.78 bits per heavy atom. The van der Waals surface area contributed by atoms with Gasteiger partial charge in [-0.25, -0.2) is 0 Å². The SMILES string of the molecule is NC(=S)c1cc(Nc2cccc(Cl)c2Cl)ccn1. The average molecular weight is 298 g/mol. The number of hydrogen-bond donors (Lipinski definition) is 2. The highest BCUT2D eigenvalue weighted by Crippen LogP contribution is 2.31. The Kier molecular flexibility index (Phi) is 4.01. The van der Waals surface area contributed by atoms with Crippen LogP contribution in [0.15, 0.2) is 36.5 Å². The topological polar surface area (TPSA) is 50.9 Å². The smallest absolute Gasteiger partial charge is 0.122 e. The number of benzene rings is 1. The van der Waals surface area contributed by atoms with Gasteiger partial charge in [0.2, 0.25) is 0 Å². The molecule has 0 saturated heterocycles. The molecule has 0 spiro atoms. The van der Waals surface area contributed by atoms with Crippen LogP contribution in [-0.2, 0) is 0 Å². The molecular weight excluding hydrogens is 289 g/mol. The summed E-state index contributed by atoms with van der Waals surface area (Å²) in [5.41, 5.74) is 7.57. The van der Waals surface area contributed by atoms with Gasteiger partial charge in [-0.1, -0.05) is 41.5 Å². The van der Waals surface area contributed by atoms with Gasteiger partial charge in [0, 0.05) is 11.9 Å². The van der Waals surface area contributed by atoms with Crippen molar-refractivity contribution < 1.29 is 0 Å². The molecule has 3 nitrogen and oxygen atoms in total. The third-order valence-electron chi connectivity index (χ3n) is 2.24. The molecule has 6 heteroatoms. The molecule has 1 aromatic heterocycles. The Bertz CT molecular complexity index is 602. The van der Waals surface area contributed by atoms with E-state index >= 15 is 0 Å². The number of aromatic nitrogens is 1. The Morgan fingerprint density at radius 2 is 2.06 bits per heavy atom. The van der Waals surface area contributed by atoms with Gasteiger partial charge in [-0.15, -0.1) is 0 Å². The first-order valence-corrected chi connectivity index (χ1v) is 6.21. The lowest BCUT2D eigenvalue weighted by molar-refractivity contribution is 1.29. The van der Waals surface area contributed by atoms with Crippen LogP contribution in [0.5, 0.6) is 0 Å². The predicted molar refractivity (Wildman–Crippen MR) is 79.9 cm³/mol. The molecule has 0 fully saturated rings. The lowest BCUT2D eigenvalue weighted by Gasteiger charge is -2.09. The number of nitrogens with zero attached hydrogens (tertiary/aromatic N) is 1. The van der Waals surface area contributed by atoms with Gasteiger partial charge in [0.1, 0.15) is 4.99 Å². The molecule has 0 bridgehead atoms. The maximum atomic E-state index is 6.08. The first-order valence-electron chi connectivity index (χ1n) is 5.05. The van der Waals surface area contributed by atoms with Gasteiger partial charge in [0.05, 0.1) is 21.4 Å². The number of rotatable bonds is 3. The highest BCUT2D eigenvalue weighted by molar-refractivity contribution is 7.80. The molecule has 0 aliphatic rings. The van der Waals surface area contributed by atoms with Crippen molar-refractivity contribution in [1.82, 2.24) is 4.98 Å². The number of pyridine rings is 1. The number of halogens is 2. The molecule has 92 valence electrons. The van der Waals surface area contributed by atoms with Crippen molar-refractivity contribution in [2.24, 2.45) is 5.73 Å². The molecule has 3 N–H and O–H groups in total. The summed E-state index contributed by atoms with van der Waals surface area (Å²) in [7, 11) is 0. The molecule has 2 rings (SSSR count). The second-order valence-electron chi connectivity index (χ2n) is 3.52. The highest BCUT2D eigenvalue weighted by Gasteiger charge is 2.05. The maximum Gasteiger partial charge on any atom is 0.122 e. The summed E-state index contributed by atoms with van der Waals surface area (Å²) in [4.78, 5) is 4.30. The van der Waals surface area contributed by atoms with Crippen LogP contribution in [0.4, 0.5) is 11.4 Å². The van der Waals surface area contributed by atoms with Gasteiger partial charge < -0.3 is 11.1 Å². The zero-order valence-electron chi connectivity index (χ0n) is 9.15. The maximum absolute atomic E-state index is 6.08. The molecule has 0 unspecified atom stereocenters. The normalized spacial score (nSPS) is 10.1. The summed E-state index contributed by atoms with van der Waals surface area (Å²) in [6.45, 7) is 0. The van der Waals surface area contributed by atoms with Crippen LogP contribution in [0, 0.1) is 0 Å². The van der Waals surface area contributed by atoms with E-state index in [0.29, 0.717) is 21.4 Å². The third kappa shape index (κ3) is 2.90. The monoisotopic (exact) mass is 297 g/mol. The van der Waals surface area contributed by atoms with Crippen LogP contribution in [-0.4, -0.2) is 9.97 Å². The van der Waals surface area contributed by atoms with Crippen LogP contribution in [0.1, 0.15) is 5.69 Å². The van der Waals surface area contributed by atoms with Gasteiger partial charge in [-0.3, -0.25) is 4.98 Å². The van der Waals surface area contributed by atoms with Gasteiger partial charge >= 0.3 is 0 Å². The second kappa shape index (κ2) is 5.52. The van der Waals surface area contributed by atoms with E-state index in [-0.39, 0.29) is 4.99 Å². The summed E-state index contributed by atoms with van der Waals surface area (Å²) in [6.07, 6.45) is 1.62. The fourth-order valence-electron chi connectivity index (χ4n) is 1.40. The van der Waals surface area contributed by atoms with Crippen molar-refractivity contribution in [2.45, 2.75) is 0 Å². The quantitative estimate of drug-likeness (QED) is 0.847. The fourth-order valence-corrected chi connectivity index (χ4v) is 1.86. The zero-order valence-corrected chi connectivity index (χ0v) is 11.5. The largest absolute Gasteiger partial charge is 0.388 e. The van der Waals surface area contributed by atoms with Crippen LogP contribution < -0.4 is 11.1 Å². The van der Waals surface area contributed by atoms with Crippen molar-refractivity contribution >= 4 is 51.8 Å². The molecule has 0 saturated carbocycles. The number of nitrogens with two attached hydrogens (primary N) is 1. The average Bonchev–Trinajstić information content (AvgIpc) is 2.35. The van der Waals surface area contributed by atoms with Crippen LogP contribution in [0.2, 0.25) is 10.0 Å².